The summed E-state index contributed by atoms with van der Waals surface area (Å²) in [6.45, 7) is 3.65. The summed E-state index contributed by atoms with van der Waals surface area (Å²) in [6.07, 6.45) is 2.45. The molecule has 1 saturated heterocycles. The molecule has 0 aromatic carbocycles. The van der Waals surface area contributed by atoms with Gasteiger partial charge in [-0.1, -0.05) is 0 Å². The SMILES string of the molecule is CNC(=O)CNCC1CCNCC1. The molecule has 0 atom stereocenters. The quantitative estimate of drug-likeness (QED) is 0.544. The molecule has 0 spiro atoms. The van der Waals surface area contributed by atoms with Crippen molar-refractivity contribution in [2.45, 2.75) is 12.8 Å². The van der Waals surface area contributed by atoms with E-state index in [2.05, 4.69) is 16.0 Å². The second-order valence-corrected chi connectivity index (χ2v) is 3.50. The fourth-order valence-corrected chi connectivity index (χ4v) is 1.56. The highest BCUT2D eigenvalue weighted by molar-refractivity contribution is 5.77. The third-order valence-electron chi connectivity index (χ3n) is 2.46. The lowest BCUT2D eigenvalue weighted by Gasteiger charge is -2.22. The fourth-order valence-electron chi connectivity index (χ4n) is 1.56. The van der Waals surface area contributed by atoms with Crippen LogP contribution in [0.1, 0.15) is 12.8 Å². The van der Waals surface area contributed by atoms with Crippen molar-refractivity contribution in [3.05, 3.63) is 0 Å². The topological polar surface area (TPSA) is 53.2 Å². The second kappa shape index (κ2) is 5.94. The Balaban J connectivity index is 2.01. The summed E-state index contributed by atoms with van der Waals surface area (Å²) in [4.78, 5) is 10.9. The summed E-state index contributed by atoms with van der Waals surface area (Å²) in [7, 11) is 1.66. The van der Waals surface area contributed by atoms with E-state index in [0.29, 0.717) is 6.54 Å². The number of amides is 1. The zero-order valence-electron chi connectivity index (χ0n) is 8.23. The number of nitrogens with one attached hydrogen (secondary N) is 3. The highest BCUT2D eigenvalue weighted by Gasteiger charge is 2.12. The molecular formula is C9H19N3O. The van der Waals surface area contributed by atoms with Crippen molar-refractivity contribution in [3.8, 4) is 0 Å². The minimum Gasteiger partial charge on any atom is -0.358 e. The Kier molecular flexibility index (Phi) is 4.78. The lowest BCUT2D eigenvalue weighted by Crippen LogP contribution is -2.37. The van der Waals surface area contributed by atoms with Crippen LogP contribution in [0.5, 0.6) is 0 Å². The molecule has 0 aliphatic carbocycles. The summed E-state index contributed by atoms with van der Waals surface area (Å²) in [5, 5.41) is 9.07. The maximum Gasteiger partial charge on any atom is 0.233 e. The first-order chi connectivity index (χ1) is 6.33. The Bertz CT molecular complexity index is 155. The highest BCUT2D eigenvalue weighted by atomic mass is 16.1. The standard InChI is InChI=1S/C9H19N3O/c1-10-9(13)7-12-6-8-2-4-11-5-3-8/h8,11-12H,2-7H2,1H3,(H,10,13). The summed E-state index contributed by atoms with van der Waals surface area (Å²) < 4.78 is 0. The Morgan fingerprint density at radius 3 is 2.77 bits per heavy atom. The van der Waals surface area contributed by atoms with Gasteiger partial charge in [0.15, 0.2) is 0 Å². The molecule has 13 heavy (non-hydrogen) atoms. The van der Waals surface area contributed by atoms with Gasteiger partial charge in [0.2, 0.25) is 5.91 Å². The Labute approximate surface area is 79.5 Å². The van der Waals surface area contributed by atoms with Crippen molar-refractivity contribution in [1.82, 2.24) is 16.0 Å². The average molecular weight is 185 g/mol. The van der Waals surface area contributed by atoms with Gasteiger partial charge in [-0.2, -0.15) is 0 Å². The number of piperidine rings is 1. The van der Waals surface area contributed by atoms with Crippen LogP contribution in [0.15, 0.2) is 0 Å². The molecule has 0 saturated carbocycles. The van der Waals surface area contributed by atoms with Crippen LogP contribution in [0, 0.1) is 5.92 Å². The predicted octanol–water partition coefficient (Wildman–Crippen LogP) is -0.678. The van der Waals surface area contributed by atoms with Gasteiger partial charge in [0, 0.05) is 7.05 Å². The van der Waals surface area contributed by atoms with Gasteiger partial charge in [-0.15, -0.1) is 0 Å². The third kappa shape index (κ3) is 4.24. The van der Waals surface area contributed by atoms with Crippen LogP contribution >= 0.6 is 0 Å². The first-order valence-corrected chi connectivity index (χ1v) is 4.95. The van der Waals surface area contributed by atoms with Gasteiger partial charge in [0.05, 0.1) is 6.54 Å². The summed E-state index contributed by atoms with van der Waals surface area (Å²) in [5.41, 5.74) is 0. The molecule has 3 N–H and O–H groups in total. The summed E-state index contributed by atoms with van der Waals surface area (Å²) in [6, 6.07) is 0. The molecule has 1 fully saturated rings. The lowest BCUT2D eigenvalue weighted by atomic mass is 9.98. The number of likely N-dealkylation sites (N-methyl/N-ethyl adjacent to an activating group) is 1. The van der Waals surface area contributed by atoms with Crippen LogP contribution in [0.25, 0.3) is 0 Å². The van der Waals surface area contributed by atoms with E-state index in [1.165, 1.54) is 12.8 Å². The van der Waals surface area contributed by atoms with Crippen LogP contribution in [-0.4, -0.2) is 39.1 Å². The van der Waals surface area contributed by atoms with E-state index >= 15 is 0 Å². The molecule has 76 valence electrons. The number of carbonyl (C=O) groups is 1. The van der Waals surface area contributed by atoms with E-state index in [0.717, 1.165) is 25.6 Å². The highest BCUT2D eigenvalue weighted by Crippen LogP contribution is 2.09. The van der Waals surface area contributed by atoms with Gasteiger partial charge < -0.3 is 16.0 Å². The van der Waals surface area contributed by atoms with Crippen molar-refractivity contribution >= 4 is 5.91 Å². The maximum atomic E-state index is 10.9. The summed E-state index contributed by atoms with van der Waals surface area (Å²) >= 11 is 0. The van der Waals surface area contributed by atoms with E-state index in [4.69, 9.17) is 0 Å². The molecule has 0 radical (unpaired) electrons. The van der Waals surface area contributed by atoms with Gasteiger partial charge in [0.25, 0.3) is 0 Å². The van der Waals surface area contributed by atoms with Gasteiger partial charge in [-0.05, 0) is 38.4 Å². The largest absolute Gasteiger partial charge is 0.358 e. The van der Waals surface area contributed by atoms with Crippen molar-refractivity contribution < 1.29 is 4.79 Å². The molecule has 1 aliphatic rings. The minimum absolute atomic E-state index is 0.0638. The van der Waals surface area contributed by atoms with Crippen LogP contribution in [0.4, 0.5) is 0 Å². The smallest absolute Gasteiger partial charge is 0.233 e. The molecule has 0 aromatic rings. The first kappa shape index (κ1) is 10.5. The van der Waals surface area contributed by atoms with Gasteiger partial charge in [-0.3, -0.25) is 4.79 Å². The van der Waals surface area contributed by atoms with Gasteiger partial charge >= 0.3 is 0 Å². The third-order valence-corrected chi connectivity index (χ3v) is 2.46. The molecule has 4 heteroatoms. The molecule has 0 aromatic heterocycles. The molecule has 4 nitrogen and oxygen atoms in total. The monoisotopic (exact) mass is 185 g/mol. The zero-order valence-corrected chi connectivity index (χ0v) is 8.23. The van der Waals surface area contributed by atoms with Gasteiger partial charge in [0.1, 0.15) is 0 Å². The maximum absolute atomic E-state index is 10.9. The van der Waals surface area contributed by atoms with Gasteiger partial charge in [-0.25, -0.2) is 0 Å². The van der Waals surface area contributed by atoms with E-state index in [1.807, 2.05) is 0 Å². The lowest BCUT2D eigenvalue weighted by molar-refractivity contribution is -0.119. The number of hydrogen-bond donors (Lipinski definition) is 3. The summed E-state index contributed by atoms with van der Waals surface area (Å²) in [5.74, 6) is 0.805. The van der Waals surface area contributed by atoms with Crippen molar-refractivity contribution in [2.24, 2.45) is 5.92 Å². The zero-order chi connectivity index (χ0) is 9.52. The molecular weight excluding hydrogens is 166 g/mol. The Morgan fingerprint density at radius 1 is 1.46 bits per heavy atom. The second-order valence-electron chi connectivity index (χ2n) is 3.50. The molecule has 1 aliphatic heterocycles. The predicted molar refractivity (Wildman–Crippen MR) is 52.5 cm³/mol. The normalized spacial score (nSPS) is 18.5. The van der Waals surface area contributed by atoms with E-state index in [9.17, 15) is 4.79 Å². The number of carbonyl (C=O) groups excluding carboxylic acids is 1. The molecule has 0 bridgehead atoms. The van der Waals surface area contributed by atoms with E-state index in [1.54, 1.807) is 7.05 Å². The van der Waals surface area contributed by atoms with Crippen molar-refractivity contribution in [3.63, 3.8) is 0 Å². The Hall–Kier alpha value is -0.610. The van der Waals surface area contributed by atoms with E-state index < -0.39 is 0 Å². The van der Waals surface area contributed by atoms with Crippen LogP contribution in [0.2, 0.25) is 0 Å². The van der Waals surface area contributed by atoms with E-state index in [-0.39, 0.29) is 5.91 Å². The molecule has 1 rings (SSSR count). The van der Waals surface area contributed by atoms with Crippen molar-refractivity contribution in [1.29, 1.82) is 0 Å². The minimum atomic E-state index is 0.0638. The van der Waals surface area contributed by atoms with Crippen LogP contribution < -0.4 is 16.0 Å². The number of hydrogen-bond acceptors (Lipinski definition) is 3. The molecule has 0 unspecified atom stereocenters. The molecule has 1 heterocycles. The van der Waals surface area contributed by atoms with Crippen LogP contribution in [0.3, 0.4) is 0 Å². The fraction of sp³-hybridized carbons (Fsp3) is 0.889. The molecule has 1 amide bonds. The first-order valence-electron chi connectivity index (χ1n) is 4.95. The van der Waals surface area contributed by atoms with Crippen molar-refractivity contribution in [2.75, 3.05) is 33.2 Å². The van der Waals surface area contributed by atoms with Crippen LogP contribution in [-0.2, 0) is 4.79 Å². The number of rotatable bonds is 4. The average Bonchev–Trinajstić information content (AvgIpc) is 2.19. The Morgan fingerprint density at radius 2 is 2.15 bits per heavy atom.